The first kappa shape index (κ1) is 13.4. The molecule has 104 valence electrons. The Bertz CT molecular complexity index is 598. The summed E-state index contributed by atoms with van der Waals surface area (Å²) in [5.41, 5.74) is 4.56. The molecule has 1 aromatic carbocycles. The Morgan fingerprint density at radius 2 is 2.10 bits per heavy atom. The van der Waals surface area contributed by atoms with Crippen molar-refractivity contribution in [2.24, 2.45) is 0 Å². The van der Waals surface area contributed by atoms with Crippen molar-refractivity contribution in [3.63, 3.8) is 0 Å². The number of aromatic nitrogens is 1. The average Bonchev–Trinajstić information content (AvgIpc) is 2.49. The summed E-state index contributed by atoms with van der Waals surface area (Å²) in [5, 5.41) is 3.92. The maximum atomic E-state index is 6.41. The van der Waals surface area contributed by atoms with Gasteiger partial charge < -0.3 is 5.32 Å². The van der Waals surface area contributed by atoms with Crippen molar-refractivity contribution < 1.29 is 0 Å². The molecule has 0 fully saturated rings. The topological polar surface area (TPSA) is 28.2 Å². The molecule has 0 saturated carbocycles. The van der Waals surface area contributed by atoms with Crippen molar-refractivity contribution in [1.29, 1.82) is 0 Å². The third-order valence-corrected chi connectivity index (χ3v) is 4.20. The molecule has 0 unspecified atom stereocenters. The lowest BCUT2D eigenvalue weighted by Gasteiger charge is -2.29. The van der Waals surface area contributed by atoms with Crippen molar-refractivity contribution in [2.45, 2.75) is 19.5 Å². The molecule has 20 heavy (non-hydrogen) atoms. The van der Waals surface area contributed by atoms with Crippen LogP contribution >= 0.6 is 11.6 Å². The number of fused-ring (bicyclic) bond motifs is 1. The smallest absolute Gasteiger partial charge is 0.0716 e. The molecule has 1 N–H and O–H groups in total. The van der Waals surface area contributed by atoms with Gasteiger partial charge in [-0.1, -0.05) is 41.9 Å². The second kappa shape index (κ2) is 5.81. The van der Waals surface area contributed by atoms with Gasteiger partial charge in [-0.3, -0.25) is 9.88 Å². The van der Waals surface area contributed by atoms with E-state index < -0.39 is 0 Å². The van der Waals surface area contributed by atoms with E-state index in [1.165, 1.54) is 11.1 Å². The molecular formula is C16H18ClN3. The SMILES string of the molecule is CNc1cnc2c(c1Cl)CCN(Cc1ccccc1)C2. The number of halogens is 1. The Morgan fingerprint density at radius 1 is 1.30 bits per heavy atom. The minimum Gasteiger partial charge on any atom is -0.386 e. The molecule has 1 aromatic heterocycles. The average molecular weight is 288 g/mol. The van der Waals surface area contributed by atoms with Gasteiger partial charge in [-0.2, -0.15) is 0 Å². The van der Waals surface area contributed by atoms with Crippen LogP contribution in [0.2, 0.25) is 5.02 Å². The molecule has 0 bridgehead atoms. The predicted octanol–water partition coefficient (Wildman–Crippen LogP) is 3.34. The van der Waals surface area contributed by atoms with Gasteiger partial charge in [0, 0.05) is 26.7 Å². The molecule has 3 nitrogen and oxygen atoms in total. The van der Waals surface area contributed by atoms with Gasteiger partial charge in [0.1, 0.15) is 0 Å². The zero-order valence-electron chi connectivity index (χ0n) is 11.6. The highest BCUT2D eigenvalue weighted by Gasteiger charge is 2.21. The van der Waals surface area contributed by atoms with E-state index in [2.05, 4.69) is 45.5 Å². The number of nitrogens with one attached hydrogen (secondary N) is 1. The molecule has 0 aliphatic carbocycles. The second-order valence-corrected chi connectivity index (χ2v) is 5.49. The van der Waals surface area contributed by atoms with Crippen molar-refractivity contribution >= 4 is 17.3 Å². The molecule has 0 atom stereocenters. The van der Waals surface area contributed by atoms with E-state index in [0.717, 1.165) is 42.5 Å². The van der Waals surface area contributed by atoms with E-state index in [0.29, 0.717) is 0 Å². The molecular weight excluding hydrogens is 270 g/mol. The first-order chi connectivity index (χ1) is 9.78. The zero-order chi connectivity index (χ0) is 13.9. The highest BCUT2D eigenvalue weighted by molar-refractivity contribution is 6.34. The minimum absolute atomic E-state index is 0.830. The zero-order valence-corrected chi connectivity index (χ0v) is 12.3. The Morgan fingerprint density at radius 3 is 2.85 bits per heavy atom. The van der Waals surface area contributed by atoms with E-state index in [4.69, 9.17) is 11.6 Å². The summed E-state index contributed by atoms with van der Waals surface area (Å²) in [6, 6.07) is 10.6. The van der Waals surface area contributed by atoms with Crippen LogP contribution in [0.25, 0.3) is 0 Å². The molecule has 2 heterocycles. The quantitative estimate of drug-likeness (QED) is 0.938. The lowest BCUT2D eigenvalue weighted by atomic mass is 10.0. The van der Waals surface area contributed by atoms with E-state index in [1.54, 1.807) is 0 Å². The molecule has 1 aliphatic heterocycles. The van der Waals surface area contributed by atoms with Gasteiger partial charge in [0.25, 0.3) is 0 Å². The van der Waals surface area contributed by atoms with Gasteiger partial charge in [-0.25, -0.2) is 0 Å². The third kappa shape index (κ3) is 2.65. The number of benzene rings is 1. The number of rotatable bonds is 3. The van der Waals surface area contributed by atoms with E-state index in [-0.39, 0.29) is 0 Å². The van der Waals surface area contributed by atoms with Crippen LogP contribution in [0.15, 0.2) is 36.5 Å². The molecule has 0 saturated heterocycles. The fraction of sp³-hybridized carbons (Fsp3) is 0.312. The van der Waals surface area contributed by atoms with Crippen molar-refractivity contribution in [3.8, 4) is 0 Å². The number of hydrogen-bond donors (Lipinski definition) is 1. The second-order valence-electron chi connectivity index (χ2n) is 5.11. The summed E-state index contributed by atoms with van der Waals surface area (Å²) in [6.07, 6.45) is 2.79. The van der Waals surface area contributed by atoms with Gasteiger partial charge in [0.2, 0.25) is 0 Å². The van der Waals surface area contributed by atoms with Crippen molar-refractivity contribution in [2.75, 3.05) is 18.9 Å². The Labute approximate surface area is 124 Å². The van der Waals surface area contributed by atoms with Gasteiger partial charge >= 0.3 is 0 Å². The summed E-state index contributed by atoms with van der Waals surface area (Å²) >= 11 is 6.41. The van der Waals surface area contributed by atoms with Crippen LogP contribution in [0.1, 0.15) is 16.8 Å². The first-order valence-electron chi connectivity index (χ1n) is 6.88. The fourth-order valence-electron chi connectivity index (χ4n) is 2.67. The third-order valence-electron chi connectivity index (χ3n) is 3.77. The van der Waals surface area contributed by atoms with Crippen LogP contribution in [0.4, 0.5) is 5.69 Å². The maximum absolute atomic E-state index is 6.41. The van der Waals surface area contributed by atoms with E-state index >= 15 is 0 Å². The molecule has 2 aromatic rings. The number of anilines is 1. The Kier molecular flexibility index (Phi) is 3.90. The minimum atomic E-state index is 0.830. The lowest BCUT2D eigenvalue weighted by Crippen LogP contribution is -2.31. The van der Waals surface area contributed by atoms with Crippen LogP contribution in [-0.4, -0.2) is 23.5 Å². The van der Waals surface area contributed by atoms with Crippen LogP contribution in [-0.2, 0) is 19.5 Å². The fourth-order valence-corrected chi connectivity index (χ4v) is 3.02. The summed E-state index contributed by atoms with van der Waals surface area (Å²) in [6.45, 7) is 2.86. The van der Waals surface area contributed by atoms with Gasteiger partial charge in [0.15, 0.2) is 0 Å². The highest BCUT2D eigenvalue weighted by Crippen LogP contribution is 2.30. The summed E-state index contributed by atoms with van der Waals surface area (Å²) in [7, 11) is 1.87. The molecule has 0 radical (unpaired) electrons. The molecule has 0 amide bonds. The summed E-state index contributed by atoms with van der Waals surface area (Å²) < 4.78 is 0. The van der Waals surface area contributed by atoms with Gasteiger partial charge in [-0.15, -0.1) is 0 Å². The van der Waals surface area contributed by atoms with E-state index in [1.807, 2.05) is 13.2 Å². The Balaban J connectivity index is 1.77. The predicted molar refractivity (Wildman–Crippen MR) is 83.1 cm³/mol. The number of pyridine rings is 1. The summed E-state index contributed by atoms with van der Waals surface area (Å²) in [4.78, 5) is 6.97. The molecule has 3 rings (SSSR count). The molecule has 1 aliphatic rings. The van der Waals surface area contributed by atoms with Gasteiger partial charge in [-0.05, 0) is 17.5 Å². The molecule has 4 heteroatoms. The van der Waals surface area contributed by atoms with Gasteiger partial charge in [0.05, 0.1) is 22.6 Å². The van der Waals surface area contributed by atoms with Crippen LogP contribution in [0.5, 0.6) is 0 Å². The standard InChI is InChI=1S/C16H18ClN3/c1-18-14-9-19-15-11-20(8-7-13(15)16(14)17)10-12-5-3-2-4-6-12/h2-6,9,18H,7-8,10-11H2,1H3. The van der Waals surface area contributed by atoms with Crippen LogP contribution in [0, 0.1) is 0 Å². The summed E-state index contributed by atoms with van der Waals surface area (Å²) in [5.74, 6) is 0. The molecule has 0 spiro atoms. The van der Waals surface area contributed by atoms with E-state index in [9.17, 15) is 0 Å². The monoisotopic (exact) mass is 287 g/mol. The Hall–Kier alpha value is -1.58. The normalized spacial score (nSPS) is 14.9. The number of hydrogen-bond acceptors (Lipinski definition) is 3. The van der Waals surface area contributed by atoms with Crippen LogP contribution in [0.3, 0.4) is 0 Å². The van der Waals surface area contributed by atoms with Crippen molar-refractivity contribution in [1.82, 2.24) is 9.88 Å². The van der Waals surface area contributed by atoms with Crippen molar-refractivity contribution in [3.05, 3.63) is 58.4 Å². The number of nitrogens with zero attached hydrogens (tertiary/aromatic N) is 2. The maximum Gasteiger partial charge on any atom is 0.0716 e. The highest BCUT2D eigenvalue weighted by atomic mass is 35.5. The largest absolute Gasteiger partial charge is 0.386 e. The first-order valence-corrected chi connectivity index (χ1v) is 7.26. The van der Waals surface area contributed by atoms with Crippen LogP contribution < -0.4 is 5.32 Å². The lowest BCUT2D eigenvalue weighted by molar-refractivity contribution is 0.241.